The summed E-state index contributed by atoms with van der Waals surface area (Å²) in [4.78, 5) is 4.09. The molecule has 12 heavy (non-hydrogen) atoms. The van der Waals surface area contributed by atoms with Crippen LogP contribution in [0.2, 0.25) is 0 Å². The number of pyridine rings is 1. The first-order valence-electron chi connectivity index (χ1n) is 3.60. The third kappa shape index (κ3) is 0.955. The molecule has 0 amide bonds. The fourth-order valence-electron chi connectivity index (χ4n) is 1.12. The Hall–Kier alpha value is -1.77. The Bertz CT molecular complexity index is 385. The molecule has 1 heterocycles. The van der Waals surface area contributed by atoms with E-state index in [1.54, 1.807) is 18.3 Å². The third-order valence-corrected chi connectivity index (χ3v) is 1.75. The molecule has 0 atom stereocenters. The number of hydrogen-bond donors (Lipinski definition) is 2. The van der Waals surface area contributed by atoms with Gasteiger partial charge >= 0.3 is 0 Å². The van der Waals surface area contributed by atoms with Crippen LogP contribution in [0.3, 0.4) is 0 Å². The smallest absolute Gasteiger partial charge is 0.139 e. The predicted molar refractivity (Wildman–Crippen MR) is 47.8 cm³/mol. The van der Waals surface area contributed by atoms with Crippen molar-refractivity contribution in [1.82, 2.24) is 4.98 Å². The zero-order chi connectivity index (χ0) is 8.55. The topological polar surface area (TPSA) is 59.1 Å². The van der Waals surface area contributed by atoms with Gasteiger partial charge < -0.3 is 10.8 Å². The predicted octanol–water partition coefficient (Wildman–Crippen LogP) is 1.52. The minimum Gasteiger partial charge on any atom is -0.506 e. The zero-order valence-electron chi connectivity index (χ0n) is 6.36. The molecule has 0 saturated heterocycles. The maximum Gasteiger partial charge on any atom is 0.139 e. The molecule has 3 N–H and O–H groups in total. The molecule has 0 spiro atoms. The van der Waals surface area contributed by atoms with E-state index in [0.29, 0.717) is 5.69 Å². The number of anilines is 1. The highest BCUT2D eigenvalue weighted by molar-refractivity contribution is 5.84. The lowest BCUT2D eigenvalue weighted by Crippen LogP contribution is -1.86. The van der Waals surface area contributed by atoms with Gasteiger partial charge in [-0.05, 0) is 18.2 Å². The van der Waals surface area contributed by atoms with Gasteiger partial charge in [0.1, 0.15) is 5.75 Å². The molecule has 0 fully saturated rings. The van der Waals surface area contributed by atoms with Crippen molar-refractivity contribution in [3.05, 3.63) is 30.5 Å². The van der Waals surface area contributed by atoms with Gasteiger partial charge in [0.2, 0.25) is 0 Å². The monoisotopic (exact) mass is 160 g/mol. The van der Waals surface area contributed by atoms with Crippen LogP contribution < -0.4 is 5.73 Å². The van der Waals surface area contributed by atoms with Crippen LogP contribution >= 0.6 is 0 Å². The largest absolute Gasteiger partial charge is 0.506 e. The van der Waals surface area contributed by atoms with Crippen LogP contribution in [-0.2, 0) is 0 Å². The van der Waals surface area contributed by atoms with Crippen LogP contribution in [0.25, 0.3) is 10.9 Å². The molecular weight excluding hydrogens is 152 g/mol. The molecule has 2 aromatic rings. The van der Waals surface area contributed by atoms with Gasteiger partial charge in [-0.15, -0.1) is 0 Å². The molecular formula is C9H8N2O. The first kappa shape index (κ1) is 6.91. The Morgan fingerprint density at radius 2 is 2.17 bits per heavy atom. The molecule has 3 heteroatoms. The van der Waals surface area contributed by atoms with Gasteiger partial charge in [0.25, 0.3) is 0 Å². The van der Waals surface area contributed by atoms with Gasteiger partial charge in [-0.2, -0.15) is 0 Å². The Morgan fingerprint density at radius 1 is 1.33 bits per heavy atom. The number of phenolic OH excluding ortho intramolecular Hbond substituents is 1. The van der Waals surface area contributed by atoms with E-state index in [9.17, 15) is 5.11 Å². The summed E-state index contributed by atoms with van der Waals surface area (Å²) in [7, 11) is 0. The van der Waals surface area contributed by atoms with Crippen molar-refractivity contribution in [2.24, 2.45) is 0 Å². The van der Waals surface area contributed by atoms with Crippen molar-refractivity contribution in [3.8, 4) is 5.75 Å². The number of aromatic nitrogens is 1. The zero-order valence-corrected chi connectivity index (χ0v) is 6.36. The third-order valence-electron chi connectivity index (χ3n) is 1.75. The molecule has 0 radical (unpaired) electrons. The normalized spacial score (nSPS) is 10.3. The summed E-state index contributed by atoms with van der Waals surface area (Å²) in [5.41, 5.74) is 6.66. The van der Waals surface area contributed by atoms with Crippen LogP contribution in [0.15, 0.2) is 30.5 Å². The van der Waals surface area contributed by atoms with E-state index in [0.717, 1.165) is 10.9 Å². The maximum atomic E-state index is 9.26. The van der Waals surface area contributed by atoms with E-state index < -0.39 is 0 Å². The van der Waals surface area contributed by atoms with E-state index in [1.165, 1.54) is 0 Å². The fraction of sp³-hybridized carbons (Fsp3) is 0. The Balaban J connectivity index is 2.84. The molecule has 1 aromatic heterocycles. The summed E-state index contributed by atoms with van der Waals surface area (Å²) in [6.07, 6.45) is 1.69. The van der Waals surface area contributed by atoms with Gasteiger partial charge in [-0.1, -0.05) is 6.07 Å². The lowest BCUT2D eigenvalue weighted by atomic mass is 10.2. The lowest BCUT2D eigenvalue weighted by Gasteiger charge is -2.00. The highest BCUT2D eigenvalue weighted by atomic mass is 16.3. The van der Waals surface area contributed by atoms with Gasteiger partial charge in [-0.3, -0.25) is 4.98 Å². The van der Waals surface area contributed by atoms with E-state index >= 15 is 0 Å². The summed E-state index contributed by atoms with van der Waals surface area (Å²) in [5.74, 6) is 0.107. The molecule has 3 nitrogen and oxygen atoms in total. The van der Waals surface area contributed by atoms with Crippen LogP contribution in [0.5, 0.6) is 5.75 Å². The maximum absolute atomic E-state index is 9.26. The number of nitrogens with zero attached hydrogens (tertiary/aromatic N) is 1. The SMILES string of the molecule is Nc1cc2ncccc2cc1O. The van der Waals surface area contributed by atoms with E-state index in [1.807, 2.05) is 12.1 Å². The Kier molecular flexibility index (Phi) is 1.37. The molecule has 0 aliphatic heterocycles. The van der Waals surface area contributed by atoms with Gasteiger partial charge in [0.15, 0.2) is 0 Å². The van der Waals surface area contributed by atoms with E-state index in [2.05, 4.69) is 4.98 Å². The second kappa shape index (κ2) is 2.37. The lowest BCUT2D eigenvalue weighted by molar-refractivity contribution is 0.479. The minimum absolute atomic E-state index is 0.107. The number of nitrogens with two attached hydrogens (primary N) is 1. The summed E-state index contributed by atoms with van der Waals surface area (Å²) >= 11 is 0. The first-order chi connectivity index (χ1) is 5.77. The number of aromatic hydroxyl groups is 1. The second-order valence-corrected chi connectivity index (χ2v) is 2.61. The van der Waals surface area contributed by atoms with Crippen LogP contribution in [0.4, 0.5) is 5.69 Å². The highest BCUT2D eigenvalue weighted by Crippen LogP contribution is 2.24. The molecule has 0 unspecified atom stereocenters. The van der Waals surface area contributed by atoms with E-state index in [-0.39, 0.29) is 5.75 Å². The van der Waals surface area contributed by atoms with Crippen molar-refractivity contribution in [2.45, 2.75) is 0 Å². The number of benzene rings is 1. The number of phenols is 1. The standard InChI is InChI=1S/C9H8N2O/c10-7-5-8-6(4-9(7)12)2-1-3-11-8/h1-5,12H,10H2. The number of nitrogen functional groups attached to an aromatic ring is 1. The molecule has 0 saturated carbocycles. The number of hydrogen-bond acceptors (Lipinski definition) is 3. The Morgan fingerprint density at radius 3 is 3.00 bits per heavy atom. The van der Waals surface area contributed by atoms with Crippen LogP contribution in [-0.4, -0.2) is 10.1 Å². The highest BCUT2D eigenvalue weighted by Gasteiger charge is 1.99. The molecule has 2 rings (SSSR count). The summed E-state index contributed by atoms with van der Waals surface area (Å²) in [6.45, 7) is 0. The van der Waals surface area contributed by atoms with E-state index in [4.69, 9.17) is 5.73 Å². The summed E-state index contributed by atoms with van der Waals surface area (Å²) in [6, 6.07) is 6.96. The second-order valence-electron chi connectivity index (χ2n) is 2.61. The summed E-state index contributed by atoms with van der Waals surface area (Å²) < 4.78 is 0. The average molecular weight is 160 g/mol. The average Bonchev–Trinajstić information content (AvgIpc) is 2.07. The number of fused-ring (bicyclic) bond motifs is 1. The molecule has 0 aliphatic carbocycles. The van der Waals surface area contributed by atoms with Gasteiger partial charge in [-0.25, -0.2) is 0 Å². The van der Waals surface area contributed by atoms with Crippen molar-refractivity contribution < 1.29 is 5.11 Å². The first-order valence-corrected chi connectivity index (χ1v) is 3.60. The molecule has 0 aliphatic rings. The van der Waals surface area contributed by atoms with Crippen LogP contribution in [0, 0.1) is 0 Å². The van der Waals surface area contributed by atoms with Gasteiger partial charge in [0.05, 0.1) is 11.2 Å². The van der Waals surface area contributed by atoms with Crippen molar-refractivity contribution in [1.29, 1.82) is 0 Å². The number of rotatable bonds is 0. The Labute approximate surface area is 69.5 Å². The quantitative estimate of drug-likeness (QED) is 0.453. The van der Waals surface area contributed by atoms with Crippen molar-refractivity contribution >= 4 is 16.6 Å². The van der Waals surface area contributed by atoms with Crippen LogP contribution in [0.1, 0.15) is 0 Å². The van der Waals surface area contributed by atoms with Crippen molar-refractivity contribution in [2.75, 3.05) is 5.73 Å². The minimum atomic E-state index is 0.107. The summed E-state index contributed by atoms with van der Waals surface area (Å²) in [5, 5.41) is 10.2. The van der Waals surface area contributed by atoms with Crippen molar-refractivity contribution in [3.63, 3.8) is 0 Å². The molecule has 0 bridgehead atoms. The molecule has 60 valence electrons. The fourth-order valence-corrected chi connectivity index (χ4v) is 1.12. The van der Waals surface area contributed by atoms with Gasteiger partial charge in [0, 0.05) is 11.6 Å². The molecule has 1 aromatic carbocycles.